The molecule has 0 spiro atoms. The van der Waals surface area contributed by atoms with E-state index in [2.05, 4.69) is 52.0 Å². The molecule has 1 aromatic carbocycles. The first-order valence-electron chi connectivity index (χ1n) is 8.03. The van der Waals surface area contributed by atoms with Crippen molar-refractivity contribution in [1.82, 2.24) is 0 Å². The van der Waals surface area contributed by atoms with Crippen LogP contribution in [0.5, 0.6) is 0 Å². The predicted octanol–water partition coefficient (Wildman–Crippen LogP) is 5.55. The molecule has 1 aromatic rings. The van der Waals surface area contributed by atoms with Gasteiger partial charge in [-0.05, 0) is 51.5 Å². The van der Waals surface area contributed by atoms with Gasteiger partial charge in [0.15, 0.2) is 0 Å². The van der Waals surface area contributed by atoms with Gasteiger partial charge in [0.25, 0.3) is 0 Å². The van der Waals surface area contributed by atoms with E-state index in [1.54, 1.807) is 0 Å². The third-order valence-corrected chi connectivity index (χ3v) is 4.31. The van der Waals surface area contributed by atoms with Crippen LogP contribution in [0.1, 0.15) is 64.0 Å². The van der Waals surface area contributed by atoms with Gasteiger partial charge in [0, 0.05) is 7.11 Å². The summed E-state index contributed by atoms with van der Waals surface area (Å²) < 4.78 is 5.47. The number of ether oxygens (including phenoxy) is 1. The standard InChI is InChI=1S/C19H32O/c1-16(9-7-15-19(3,4)20-5)8-6-10-18-13-11-17(2)12-14-18/h11-14,16H,6-10,15H2,1-5H3. The summed E-state index contributed by atoms with van der Waals surface area (Å²) in [6.07, 6.45) is 7.60. The molecule has 1 unspecified atom stereocenters. The molecule has 1 nitrogen and oxygen atoms in total. The minimum absolute atomic E-state index is 0.0433. The van der Waals surface area contributed by atoms with E-state index < -0.39 is 0 Å². The Kier molecular flexibility index (Phi) is 7.29. The summed E-state index contributed by atoms with van der Waals surface area (Å²) in [5.41, 5.74) is 2.87. The fourth-order valence-electron chi connectivity index (χ4n) is 2.53. The minimum Gasteiger partial charge on any atom is -0.379 e. The summed E-state index contributed by atoms with van der Waals surface area (Å²) in [5, 5.41) is 0. The van der Waals surface area contributed by atoms with Crippen LogP contribution in [0.3, 0.4) is 0 Å². The lowest BCUT2D eigenvalue weighted by Crippen LogP contribution is -2.22. The fraction of sp³-hybridized carbons (Fsp3) is 0.684. The SMILES string of the molecule is COC(C)(C)CCCC(C)CCCc1ccc(C)cc1. The number of hydrogen-bond donors (Lipinski definition) is 0. The van der Waals surface area contributed by atoms with Crippen LogP contribution < -0.4 is 0 Å². The molecule has 0 N–H and O–H groups in total. The smallest absolute Gasteiger partial charge is 0.0622 e. The molecule has 0 bridgehead atoms. The maximum absolute atomic E-state index is 5.47. The summed E-state index contributed by atoms with van der Waals surface area (Å²) in [7, 11) is 1.81. The molecule has 1 rings (SSSR count). The van der Waals surface area contributed by atoms with Crippen LogP contribution in [0.4, 0.5) is 0 Å². The van der Waals surface area contributed by atoms with E-state index in [-0.39, 0.29) is 5.60 Å². The predicted molar refractivity (Wildman–Crippen MR) is 88.2 cm³/mol. The van der Waals surface area contributed by atoms with Crippen LogP contribution >= 0.6 is 0 Å². The highest BCUT2D eigenvalue weighted by atomic mass is 16.5. The van der Waals surface area contributed by atoms with Gasteiger partial charge in [0.1, 0.15) is 0 Å². The molecule has 1 heteroatoms. The molecule has 0 aromatic heterocycles. The van der Waals surface area contributed by atoms with Gasteiger partial charge in [-0.15, -0.1) is 0 Å². The number of hydrogen-bond acceptors (Lipinski definition) is 1. The molecule has 0 heterocycles. The molecule has 0 radical (unpaired) electrons. The third-order valence-electron chi connectivity index (χ3n) is 4.31. The van der Waals surface area contributed by atoms with Crippen molar-refractivity contribution in [2.24, 2.45) is 5.92 Å². The topological polar surface area (TPSA) is 9.23 Å². The van der Waals surface area contributed by atoms with Crippen molar-refractivity contribution in [3.63, 3.8) is 0 Å². The Labute approximate surface area is 125 Å². The quantitative estimate of drug-likeness (QED) is 0.574. The van der Waals surface area contributed by atoms with E-state index in [1.807, 2.05) is 7.11 Å². The second-order valence-corrected chi connectivity index (χ2v) is 6.84. The lowest BCUT2D eigenvalue weighted by molar-refractivity contribution is 0.0127. The van der Waals surface area contributed by atoms with Gasteiger partial charge in [0.2, 0.25) is 0 Å². The van der Waals surface area contributed by atoms with Crippen molar-refractivity contribution in [2.75, 3.05) is 7.11 Å². The van der Waals surface area contributed by atoms with Gasteiger partial charge < -0.3 is 4.74 Å². The van der Waals surface area contributed by atoms with Gasteiger partial charge in [-0.1, -0.05) is 56.0 Å². The lowest BCUT2D eigenvalue weighted by atomic mass is 9.93. The zero-order valence-electron chi connectivity index (χ0n) is 14.0. The molecular weight excluding hydrogens is 244 g/mol. The third kappa shape index (κ3) is 7.09. The first-order valence-corrected chi connectivity index (χ1v) is 8.03. The number of benzene rings is 1. The molecule has 0 saturated heterocycles. The Bertz CT molecular complexity index is 364. The van der Waals surface area contributed by atoms with Crippen LogP contribution in [0, 0.1) is 12.8 Å². The van der Waals surface area contributed by atoms with Gasteiger partial charge in [-0.25, -0.2) is 0 Å². The monoisotopic (exact) mass is 276 g/mol. The maximum atomic E-state index is 5.47. The summed E-state index contributed by atoms with van der Waals surface area (Å²) in [6.45, 7) is 8.88. The maximum Gasteiger partial charge on any atom is 0.0622 e. The Morgan fingerprint density at radius 1 is 1.05 bits per heavy atom. The number of methoxy groups -OCH3 is 1. The van der Waals surface area contributed by atoms with Gasteiger partial charge in [0.05, 0.1) is 5.60 Å². The average Bonchev–Trinajstić information content (AvgIpc) is 2.41. The molecular formula is C19H32O. The molecule has 0 aliphatic carbocycles. The Morgan fingerprint density at radius 3 is 2.25 bits per heavy atom. The molecule has 0 aliphatic heterocycles. The molecule has 0 saturated carbocycles. The number of rotatable bonds is 9. The highest BCUT2D eigenvalue weighted by Crippen LogP contribution is 2.21. The van der Waals surface area contributed by atoms with Crippen molar-refractivity contribution in [3.05, 3.63) is 35.4 Å². The van der Waals surface area contributed by atoms with E-state index in [9.17, 15) is 0 Å². The van der Waals surface area contributed by atoms with Crippen LogP contribution in [-0.4, -0.2) is 12.7 Å². The van der Waals surface area contributed by atoms with Crippen molar-refractivity contribution < 1.29 is 4.74 Å². The fourth-order valence-corrected chi connectivity index (χ4v) is 2.53. The number of aryl methyl sites for hydroxylation is 2. The second kappa shape index (κ2) is 8.46. The molecule has 0 amide bonds. The Hall–Kier alpha value is -0.820. The highest BCUT2D eigenvalue weighted by Gasteiger charge is 2.15. The van der Waals surface area contributed by atoms with Crippen LogP contribution in [0.2, 0.25) is 0 Å². The Balaban J connectivity index is 2.14. The van der Waals surface area contributed by atoms with Crippen LogP contribution in [-0.2, 0) is 11.2 Å². The van der Waals surface area contributed by atoms with Crippen LogP contribution in [0.15, 0.2) is 24.3 Å². The van der Waals surface area contributed by atoms with E-state index in [0.29, 0.717) is 0 Å². The summed E-state index contributed by atoms with van der Waals surface area (Å²) in [5.74, 6) is 0.827. The van der Waals surface area contributed by atoms with Gasteiger partial charge in [-0.3, -0.25) is 0 Å². The van der Waals surface area contributed by atoms with Crippen molar-refractivity contribution in [3.8, 4) is 0 Å². The molecule has 20 heavy (non-hydrogen) atoms. The van der Waals surface area contributed by atoms with Gasteiger partial charge in [-0.2, -0.15) is 0 Å². The highest BCUT2D eigenvalue weighted by molar-refractivity contribution is 5.21. The van der Waals surface area contributed by atoms with E-state index >= 15 is 0 Å². The first-order chi connectivity index (χ1) is 9.43. The lowest BCUT2D eigenvalue weighted by Gasteiger charge is -2.23. The normalized spacial score (nSPS) is 13.4. The molecule has 114 valence electrons. The van der Waals surface area contributed by atoms with Crippen molar-refractivity contribution in [1.29, 1.82) is 0 Å². The summed E-state index contributed by atoms with van der Waals surface area (Å²) in [6, 6.07) is 8.96. The molecule has 0 aliphatic rings. The molecule has 0 fully saturated rings. The summed E-state index contributed by atoms with van der Waals surface area (Å²) in [4.78, 5) is 0. The zero-order chi connectivity index (χ0) is 15.0. The van der Waals surface area contributed by atoms with E-state index in [1.165, 1.54) is 43.2 Å². The van der Waals surface area contributed by atoms with Crippen LogP contribution in [0.25, 0.3) is 0 Å². The summed E-state index contributed by atoms with van der Waals surface area (Å²) >= 11 is 0. The largest absolute Gasteiger partial charge is 0.379 e. The van der Waals surface area contributed by atoms with Gasteiger partial charge >= 0.3 is 0 Å². The minimum atomic E-state index is 0.0433. The zero-order valence-corrected chi connectivity index (χ0v) is 14.0. The average molecular weight is 276 g/mol. The van der Waals surface area contributed by atoms with E-state index in [4.69, 9.17) is 4.74 Å². The Morgan fingerprint density at radius 2 is 1.65 bits per heavy atom. The van der Waals surface area contributed by atoms with Crippen molar-refractivity contribution >= 4 is 0 Å². The van der Waals surface area contributed by atoms with E-state index in [0.717, 1.165) is 12.3 Å². The second-order valence-electron chi connectivity index (χ2n) is 6.84. The molecule has 1 atom stereocenters. The first kappa shape index (κ1) is 17.2. The van der Waals surface area contributed by atoms with Crippen molar-refractivity contribution in [2.45, 2.75) is 71.8 Å².